The molecule has 25 heavy (non-hydrogen) atoms. The van der Waals surface area contributed by atoms with Crippen LogP contribution in [0.3, 0.4) is 0 Å². The maximum Gasteiger partial charge on any atom is 0.246 e. The summed E-state index contributed by atoms with van der Waals surface area (Å²) in [6.07, 6.45) is 3.60. The first kappa shape index (κ1) is 17.3. The average molecular weight is 345 g/mol. The lowest BCUT2D eigenvalue weighted by atomic mass is 9.98. The van der Waals surface area contributed by atoms with Crippen LogP contribution < -0.4 is 10.1 Å². The second-order valence-corrected chi connectivity index (χ2v) is 6.15. The Morgan fingerprint density at radius 3 is 3.08 bits per heavy atom. The lowest BCUT2D eigenvalue weighted by molar-refractivity contribution is -0.126. The third-order valence-electron chi connectivity index (χ3n) is 4.16. The Balaban J connectivity index is 1.55. The molecule has 0 aliphatic carbocycles. The number of pyridine rings is 1. The van der Waals surface area contributed by atoms with Crippen molar-refractivity contribution in [3.05, 3.63) is 24.2 Å². The van der Waals surface area contributed by atoms with Gasteiger partial charge in [-0.1, -0.05) is 5.16 Å². The second kappa shape index (κ2) is 8.06. The summed E-state index contributed by atoms with van der Waals surface area (Å²) in [7, 11) is 2.04. The second-order valence-electron chi connectivity index (χ2n) is 6.15. The molecule has 1 saturated heterocycles. The molecule has 8 nitrogen and oxygen atoms in total. The maximum absolute atomic E-state index is 12.2. The average Bonchev–Trinajstić information content (AvgIpc) is 3.09. The van der Waals surface area contributed by atoms with Crippen LogP contribution in [0.4, 0.5) is 0 Å². The van der Waals surface area contributed by atoms with Crippen molar-refractivity contribution >= 4 is 5.91 Å². The Labute approximate surface area is 146 Å². The van der Waals surface area contributed by atoms with Crippen LogP contribution in [-0.2, 0) is 11.3 Å². The van der Waals surface area contributed by atoms with Crippen LogP contribution in [0.25, 0.3) is 11.4 Å². The van der Waals surface area contributed by atoms with Crippen molar-refractivity contribution in [2.75, 3.05) is 26.7 Å². The molecule has 1 N–H and O–H groups in total. The zero-order chi connectivity index (χ0) is 17.6. The van der Waals surface area contributed by atoms with E-state index in [4.69, 9.17) is 9.26 Å². The van der Waals surface area contributed by atoms with Crippen molar-refractivity contribution < 1.29 is 14.1 Å². The van der Waals surface area contributed by atoms with E-state index in [1.165, 1.54) is 0 Å². The Morgan fingerprint density at radius 2 is 2.36 bits per heavy atom. The summed E-state index contributed by atoms with van der Waals surface area (Å²) in [6, 6.07) is 3.58. The van der Waals surface area contributed by atoms with Gasteiger partial charge in [0.2, 0.25) is 23.5 Å². The minimum Gasteiger partial charge on any atom is -0.478 e. The fraction of sp³-hybridized carbons (Fsp3) is 0.529. The Kier molecular flexibility index (Phi) is 5.60. The van der Waals surface area contributed by atoms with Crippen molar-refractivity contribution in [2.24, 2.45) is 5.92 Å². The van der Waals surface area contributed by atoms with Crippen LogP contribution in [0.15, 0.2) is 22.9 Å². The highest BCUT2D eigenvalue weighted by atomic mass is 16.5. The number of likely N-dealkylation sites (tertiary alicyclic amines) is 1. The molecule has 2 aromatic heterocycles. The monoisotopic (exact) mass is 345 g/mol. The number of nitrogens with zero attached hydrogens (tertiary/aromatic N) is 4. The Bertz CT molecular complexity index is 701. The summed E-state index contributed by atoms with van der Waals surface area (Å²) >= 11 is 0. The number of aromatic nitrogens is 3. The van der Waals surface area contributed by atoms with Crippen molar-refractivity contribution in [3.8, 4) is 17.3 Å². The van der Waals surface area contributed by atoms with Gasteiger partial charge in [-0.3, -0.25) is 4.79 Å². The highest BCUT2D eigenvalue weighted by molar-refractivity contribution is 5.78. The number of nitrogens with one attached hydrogen (secondary N) is 1. The third-order valence-corrected chi connectivity index (χ3v) is 4.16. The predicted octanol–water partition coefficient (Wildman–Crippen LogP) is 1.49. The van der Waals surface area contributed by atoms with E-state index < -0.39 is 0 Å². The molecule has 1 amide bonds. The van der Waals surface area contributed by atoms with Crippen molar-refractivity contribution in [1.82, 2.24) is 25.3 Å². The predicted molar refractivity (Wildman–Crippen MR) is 90.8 cm³/mol. The molecule has 1 fully saturated rings. The standard InChI is InChI=1S/C17H23N5O3/c1-3-24-14-7-6-12(9-18-14)16-20-15(25-21-16)10-19-17(23)13-5-4-8-22(2)11-13/h6-7,9,13H,3-5,8,10-11H2,1-2H3,(H,19,23)/t13-/m0/s1. The summed E-state index contributed by atoms with van der Waals surface area (Å²) < 4.78 is 10.5. The molecule has 0 radical (unpaired) electrons. The van der Waals surface area contributed by atoms with Gasteiger partial charge in [0.15, 0.2) is 0 Å². The van der Waals surface area contributed by atoms with E-state index in [1.807, 2.05) is 20.0 Å². The summed E-state index contributed by atoms with van der Waals surface area (Å²) in [4.78, 5) is 22.9. The smallest absolute Gasteiger partial charge is 0.246 e. The van der Waals surface area contributed by atoms with Crippen molar-refractivity contribution in [3.63, 3.8) is 0 Å². The largest absolute Gasteiger partial charge is 0.478 e. The SMILES string of the molecule is CCOc1ccc(-c2noc(CNC(=O)[C@H]3CCCN(C)C3)n2)cn1. The number of piperidine rings is 1. The topological polar surface area (TPSA) is 93.4 Å². The van der Waals surface area contributed by atoms with Crippen molar-refractivity contribution in [2.45, 2.75) is 26.3 Å². The van der Waals surface area contributed by atoms with Crippen LogP contribution >= 0.6 is 0 Å². The molecule has 2 aromatic rings. The van der Waals surface area contributed by atoms with E-state index in [0.29, 0.717) is 24.2 Å². The third kappa shape index (κ3) is 4.54. The van der Waals surface area contributed by atoms with E-state index in [1.54, 1.807) is 12.3 Å². The Morgan fingerprint density at radius 1 is 1.48 bits per heavy atom. The highest BCUT2D eigenvalue weighted by Crippen LogP contribution is 2.18. The Hall–Kier alpha value is -2.48. The number of amides is 1. The van der Waals surface area contributed by atoms with E-state index in [9.17, 15) is 4.79 Å². The van der Waals surface area contributed by atoms with Gasteiger partial charge in [0.25, 0.3) is 0 Å². The van der Waals surface area contributed by atoms with E-state index in [-0.39, 0.29) is 18.4 Å². The quantitative estimate of drug-likeness (QED) is 0.847. The van der Waals surface area contributed by atoms with Gasteiger partial charge in [-0.2, -0.15) is 4.98 Å². The zero-order valence-electron chi connectivity index (χ0n) is 14.6. The van der Waals surface area contributed by atoms with Crippen LogP contribution in [0.1, 0.15) is 25.7 Å². The molecule has 0 unspecified atom stereocenters. The van der Waals surface area contributed by atoms with Gasteiger partial charge in [0.05, 0.1) is 19.1 Å². The summed E-state index contributed by atoms with van der Waals surface area (Å²) in [5, 5.41) is 6.82. The van der Waals surface area contributed by atoms with Gasteiger partial charge in [0, 0.05) is 24.4 Å². The molecule has 8 heteroatoms. The fourth-order valence-corrected chi connectivity index (χ4v) is 2.88. The molecule has 1 aliphatic heterocycles. The number of carbonyl (C=O) groups is 1. The maximum atomic E-state index is 12.2. The molecule has 3 rings (SSSR count). The molecule has 134 valence electrons. The number of hydrogen-bond acceptors (Lipinski definition) is 7. The highest BCUT2D eigenvalue weighted by Gasteiger charge is 2.24. The van der Waals surface area contributed by atoms with Crippen LogP contribution in [0, 0.1) is 5.92 Å². The fourth-order valence-electron chi connectivity index (χ4n) is 2.88. The summed E-state index contributed by atoms with van der Waals surface area (Å²) in [6.45, 7) is 4.54. The zero-order valence-corrected chi connectivity index (χ0v) is 14.6. The first-order valence-corrected chi connectivity index (χ1v) is 8.53. The van der Waals surface area contributed by atoms with Gasteiger partial charge < -0.3 is 19.5 Å². The first-order valence-electron chi connectivity index (χ1n) is 8.53. The molecule has 3 heterocycles. The van der Waals surface area contributed by atoms with Crippen LogP contribution in [0.2, 0.25) is 0 Å². The molecule has 0 saturated carbocycles. The number of hydrogen-bond donors (Lipinski definition) is 1. The summed E-state index contributed by atoms with van der Waals surface area (Å²) in [5.41, 5.74) is 0.735. The number of ether oxygens (including phenoxy) is 1. The van der Waals surface area contributed by atoms with Crippen LogP contribution in [0.5, 0.6) is 5.88 Å². The molecule has 0 spiro atoms. The number of rotatable bonds is 6. The lowest BCUT2D eigenvalue weighted by Gasteiger charge is -2.28. The van der Waals surface area contributed by atoms with E-state index in [2.05, 4.69) is 25.3 Å². The molecule has 0 aromatic carbocycles. The normalized spacial score (nSPS) is 18.1. The first-order chi connectivity index (χ1) is 12.2. The molecular formula is C17H23N5O3. The van der Waals surface area contributed by atoms with Crippen LogP contribution in [-0.4, -0.2) is 52.7 Å². The van der Waals surface area contributed by atoms with Gasteiger partial charge in [-0.25, -0.2) is 4.98 Å². The lowest BCUT2D eigenvalue weighted by Crippen LogP contribution is -2.41. The molecular weight excluding hydrogens is 322 g/mol. The molecule has 1 atom stereocenters. The summed E-state index contributed by atoms with van der Waals surface area (Å²) in [5.74, 6) is 1.43. The van der Waals surface area contributed by atoms with E-state index >= 15 is 0 Å². The molecule has 1 aliphatic rings. The van der Waals surface area contributed by atoms with Crippen molar-refractivity contribution in [1.29, 1.82) is 0 Å². The molecule has 0 bridgehead atoms. The van der Waals surface area contributed by atoms with E-state index in [0.717, 1.165) is 31.5 Å². The van der Waals surface area contributed by atoms with Gasteiger partial charge >= 0.3 is 0 Å². The van der Waals surface area contributed by atoms with Gasteiger partial charge in [-0.05, 0) is 39.4 Å². The minimum atomic E-state index is 0.0245. The number of carbonyl (C=O) groups excluding carboxylic acids is 1. The minimum absolute atomic E-state index is 0.0245. The van der Waals surface area contributed by atoms with Gasteiger partial charge in [-0.15, -0.1) is 0 Å². The van der Waals surface area contributed by atoms with Gasteiger partial charge in [0.1, 0.15) is 0 Å².